The van der Waals surface area contributed by atoms with Crippen LogP contribution in [0.3, 0.4) is 0 Å². The molecule has 0 atom stereocenters. The van der Waals surface area contributed by atoms with Gasteiger partial charge in [0.05, 0.1) is 22.5 Å². The molecule has 1 aliphatic carbocycles. The molecule has 10 aromatic carbocycles. The Morgan fingerprint density at radius 2 is 0.891 bits per heavy atom. The molecule has 3 heteroatoms. The molecule has 1 aromatic heterocycles. The molecule has 1 spiro atoms. The Morgan fingerprint density at radius 3 is 1.66 bits per heavy atom. The van der Waals surface area contributed by atoms with Crippen LogP contribution in [-0.4, -0.2) is 0 Å². The largest absolute Gasteiger partial charge is 0.310 e. The zero-order valence-electron chi connectivity index (χ0n) is 34.9. The SMILES string of the molecule is c1ccc(-c2ccc(N(c3ccc4c(c3)-c3ccccc3C43c4ccccc4N(c4ccccc4)c4ccccc43)c3ccccc3-c3ccc4sc5ccccc5c4c3)cc2)cc1. The third-order valence-corrected chi connectivity index (χ3v) is 14.6. The van der Waals surface area contributed by atoms with Crippen molar-refractivity contribution in [3.8, 4) is 33.4 Å². The van der Waals surface area contributed by atoms with Gasteiger partial charge in [-0.2, -0.15) is 0 Å². The van der Waals surface area contributed by atoms with Crippen molar-refractivity contribution in [1.29, 1.82) is 0 Å². The number of hydrogen-bond donors (Lipinski definition) is 0. The fraction of sp³-hybridized carbons (Fsp3) is 0.0164. The quantitative estimate of drug-likeness (QED) is 0.165. The Hall–Kier alpha value is -7.98. The third kappa shape index (κ3) is 5.44. The molecular weight excluding hydrogens is 793 g/mol. The lowest BCUT2D eigenvalue weighted by molar-refractivity contribution is 0.752. The van der Waals surface area contributed by atoms with Crippen LogP contribution in [-0.2, 0) is 5.41 Å². The van der Waals surface area contributed by atoms with Crippen LogP contribution in [0.4, 0.5) is 34.1 Å². The second kappa shape index (κ2) is 14.6. The first-order valence-corrected chi connectivity index (χ1v) is 22.8. The molecule has 2 aliphatic rings. The summed E-state index contributed by atoms with van der Waals surface area (Å²) in [5.74, 6) is 0. The smallest absolute Gasteiger partial charge is 0.0754 e. The minimum atomic E-state index is -0.526. The number of rotatable bonds is 6. The van der Waals surface area contributed by atoms with Crippen LogP contribution in [0.2, 0.25) is 0 Å². The second-order valence-corrected chi connectivity index (χ2v) is 17.9. The van der Waals surface area contributed by atoms with E-state index in [0.717, 1.165) is 22.7 Å². The van der Waals surface area contributed by atoms with Gasteiger partial charge < -0.3 is 9.80 Å². The maximum atomic E-state index is 2.47. The number of benzene rings is 10. The number of nitrogens with zero attached hydrogens (tertiary/aromatic N) is 2. The van der Waals surface area contributed by atoms with Gasteiger partial charge in [-0.3, -0.25) is 0 Å². The molecule has 0 bridgehead atoms. The van der Waals surface area contributed by atoms with E-state index in [2.05, 4.69) is 252 Å². The van der Waals surface area contributed by atoms with Gasteiger partial charge in [0.1, 0.15) is 0 Å². The summed E-state index contributed by atoms with van der Waals surface area (Å²) in [6, 6.07) is 89.6. The number of para-hydroxylation sites is 4. The number of fused-ring (bicyclic) bond motifs is 12. The molecule has 13 rings (SSSR count). The van der Waals surface area contributed by atoms with E-state index in [4.69, 9.17) is 0 Å². The van der Waals surface area contributed by atoms with E-state index >= 15 is 0 Å². The first-order valence-electron chi connectivity index (χ1n) is 22.0. The lowest BCUT2D eigenvalue weighted by atomic mass is 9.64. The number of anilines is 6. The first-order chi connectivity index (χ1) is 31.8. The van der Waals surface area contributed by atoms with Crippen LogP contribution in [0.15, 0.2) is 243 Å². The second-order valence-electron chi connectivity index (χ2n) is 16.8. The van der Waals surface area contributed by atoms with Gasteiger partial charge in [-0.1, -0.05) is 170 Å². The summed E-state index contributed by atoms with van der Waals surface area (Å²) in [5, 5.41) is 2.60. The summed E-state index contributed by atoms with van der Waals surface area (Å²) >= 11 is 1.86. The van der Waals surface area contributed by atoms with Crippen molar-refractivity contribution in [3.05, 3.63) is 265 Å². The van der Waals surface area contributed by atoms with E-state index in [9.17, 15) is 0 Å². The van der Waals surface area contributed by atoms with Crippen molar-refractivity contribution >= 4 is 65.6 Å². The van der Waals surface area contributed by atoms with Crippen LogP contribution in [0.25, 0.3) is 53.6 Å². The average molecular weight is 833 g/mol. The molecule has 0 radical (unpaired) electrons. The lowest BCUT2D eigenvalue weighted by Gasteiger charge is -2.45. The van der Waals surface area contributed by atoms with E-state index < -0.39 is 5.41 Å². The first kappa shape index (κ1) is 36.7. The van der Waals surface area contributed by atoms with Gasteiger partial charge in [0.2, 0.25) is 0 Å². The molecule has 2 heterocycles. The van der Waals surface area contributed by atoms with Crippen LogP contribution >= 0.6 is 11.3 Å². The lowest BCUT2D eigenvalue weighted by Crippen LogP contribution is -2.36. The zero-order valence-corrected chi connectivity index (χ0v) is 35.7. The normalized spacial score (nSPS) is 13.1. The summed E-state index contributed by atoms with van der Waals surface area (Å²) in [6.07, 6.45) is 0. The van der Waals surface area contributed by atoms with Crippen LogP contribution < -0.4 is 9.80 Å². The molecular formula is C61H40N2S. The van der Waals surface area contributed by atoms with Gasteiger partial charge >= 0.3 is 0 Å². The molecule has 0 amide bonds. The predicted octanol–water partition coefficient (Wildman–Crippen LogP) is 17.0. The van der Waals surface area contributed by atoms with Gasteiger partial charge in [-0.05, 0) is 123 Å². The molecule has 300 valence electrons. The van der Waals surface area contributed by atoms with Gasteiger partial charge in [-0.15, -0.1) is 11.3 Å². The average Bonchev–Trinajstić information content (AvgIpc) is 3.88. The highest BCUT2D eigenvalue weighted by Crippen LogP contribution is 2.64. The van der Waals surface area contributed by atoms with E-state index in [1.807, 2.05) is 11.3 Å². The topological polar surface area (TPSA) is 6.48 Å². The molecule has 0 saturated carbocycles. The van der Waals surface area contributed by atoms with Crippen LogP contribution in [0, 0.1) is 0 Å². The summed E-state index contributed by atoms with van der Waals surface area (Å²) < 4.78 is 2.62. The highest BCUT2D eigenvalue weighted by molar-refractivity contribution is 7.25. The highest BCUT2D eigenvalue weighted by Gasteiger charge is 2.51. The van der Waals surface area contributed by atoms with Crippen molar-refractivity contribution in [1.82, 2.24) is 0 Å². The summed E-state index contributed by atoms with van der Waals surface area (Å²) in [4.78, 5) is 4.91. The van der Waals surface area contributed by atoms with Gasteiger partial charge in [0.15, 0.2) is 0 Å². The third-order valence-electron chi connectivity index (χ3n) is 13.5. The maximum Gasteiger partial charge on any atom is 0.0754 e. The van der Waals surface area contributed by atoms with Crippen molar-refractivity contribution in [2.45, 2.75) is 5.41 Å². The fourth-order valence-corrected chi connectivity index (χ4v) is 11.8. The molecule has 0 unspecified atom stereocenters. The molecule has 1 aliphatic heterocycles. The minimum Gasteiger partial charge on any atom is -0.310 e. The molecule has 0 fully saturated rings. The van der Waals surface area contributed by atoms with Crippen molar-refractivity contribution < 1.29 is 0 Å². The number of hydrogen-bond acceptors (Lipinski definition) is 3. The Morgan fingerprint density at radius 1 is 0.344 bits per heavy atom. The van der Waals surface area contributed by atoms with E-state index in [-0.39, 0.29) is 0 Å². The summed E-state index contributed by atoms with van der Waals surface area (Å²) in [7, 11) is 0. The van der Waals surface area contributed by atoms with Crippen molar-refractivity contribution in [2.24, 2.45) is 0 Å². The predicted molar refractivity (Wildman–Crippen MR) is 270 cm³/mol. The molecule has 64 heavy (non-hydrogen) atoms. The Balaban J connectivity index is 1.04. The Bertz CT molecular complexity index is 3520. The van der Waals surface area contributed by atoms with E-state index in [1.165, 1.54) is 87.2 Å². The molecule has 0 N–H and O–H groups in total. The van der Waals surface area contributed by atoms with Gasteiger partial charge in [-0.25, -0.2) is 0 Å². The standard InChI is InChI=1S/C61H40N2S/c1-3-17-41(18-4-1)42-31-34-45(35-32-42)62(56-27-13-8-21-47(56)43-33-38-60-51(39-43)49-23-9-16-30-59(49)64-60)46-36-37-53-50(40-46)48-22-7-10-24-52(48)61(53)54-25-11-14-28-57(54)63(44-19-5-2-6-20-44)58-29-15-12-26-55(58)61/h1-40H. The van der Waals surface area contributed by atoms with E-state index in [0.29, 0.717) is 0 Å². The summed E-state index contributed by atoms with van der Waals surface area (Å²) in [6.45, 7) is 0. The monoisotopic (exact) mass is 832 g/mol. The highest BCUT2D eigenvalue weighted by atomic mass is 32.1. The fourth-order valence-electron chi connectivity index (χ4n) is 10.8. The maximum absolute atomic E-state index is 2.47. The molecule has 11 aromatic rings. The molecule has 0 saturated heterocycles. The van der Waals surface area contributed by atoms with Crippen LogP contribution in [0.1, 0.15) is 22.3 Å². The van der Waals surface area contributed by atoms with Crippen molar-refractivity contribution in [3.63, 3.8) is 0 Å². The van der Waals surface area contributed by atoms with Gasteiger partial charge in [0.25, 0.3) is 0 Å². The Kier molecular flexibility index (Phi) is 8.34. The molecule has 2 nitrogen and oxygen atoms in total. The van der Waals surface area contributed by atoms with Crippen molar-refractivity contribution in [2.75, 3.05) is 9.80 Å². The Labute approximate surface area is 377 Å². The number of thiophene rings is 1. The zero-order chi connectivity index (χ0) is 42.2. The van der Waals surface area contributed by atoms with Crippen LogP contribution in [0.5, 0.6) is 0 Å². The van der Waals surface area contributed by atoms with E-state index in [1.54, 1.807) is 0 Å². The van der Waals surface area contributed by atoms with Gasteiger partial charge in [0, 0.05) is 42.8 Å². The summed E-state index contributed by atoms with van der Waals surface area (Å²) in [5.41, 5.74) is 18.8. The minimum absolute atomic E-state index is 0.526.